The van der Waals surface area contributed by atoms with Crippen molar-refractivity contribution in [2.45, 2.75) is 0 Å². The molecule has 0 aliphatic heterocycles. The third kappa shape index (κ3) is 3.00. The molecule has 0 aromatic carbocycles. The van der Waals surface area contributed by atoms with E-state index in [4.69, 9.17) is 11.6 Å². The van der Waals surface area contributed by atoms with Crippen LogP contribution in [0.3, 0.4) is 0 Å². The van der Waals surface area contributed by atoms with Gasteiger partial charge in [-0.05, 0) is 18.2 Å². The Kier molecular flexibility index (Phi) is 4.29. The molecule has 0 spiro atoms. The quantitative estimate of drug-likeness (QED) is 0.642. The topological polar surface area (TPSA) is 46.1 Å². The van der Waals surface area contributed by atoms with E-state index in [0.717, 1.165) is 16.9 Å². The predicted octanol–water partition coefficient (Wildman–Crippen LogP) is 2.82. The minimum Gasteiger partial charge on any atom is -0.376 e. The van der Waals surface area contributed by atoms with Crippen LogP contribution in [0.1, 0.15) is 10.6 Å². The van der Waals surface area contributed by atoms with E-state index in [1.807, 2.05) is 31.1 Å². The van der Waals surface area contributed by atoms with Gasteiger partial charge in [-0.2, -0.15) is 0 Å². The van der Waals surface area contributed by atoms with Crippen molar-refractivity contribution < 1.29 is 4.79 Å². The van der Waals surface area contributed by atoms with E-state index in [2.05, 4.69) is 9.97 Å². The molecule has 0 aliphatic carbocycles. The van der Waals surface area contributed by atoms with E-state index in [0.29, 0.717) is 15.6 Å². The first kappa shape index (κ1) is 13.7. The van der Waals surface area contributed by atoms with Crippen LogP contribution < -0.4 is 0 Å². The maximum atomic E-state index is 11.5. The molecule has 2 aromatic rings. The number of hydrogen-bond acceptors (Lipinski definition) is 5. The van der Waals surface area contributed by atoms with E-state index in [-0.39, 0.29) is 0 Å². The van der Waals surface area contributed by atoms with E-state index < -0.39 is 0 Å². The Hall–Kier alpha value is -1.72. The highest BCUT2D eigenvalue weighted by Crippen LogP contribution is 2.32. The second-order valence-corrected chi connectivity index (χ2v) is 5.69. The Bertz CT molecular complexity index is 607. The van der Waals surface area contributed by atoms with E-state index in [9.17, 15) is 4.79 Å². The molecule has 0 saturated heterocycles. The van der Waals surface area contributed by atoms with Gasteiger partial charge in [-0.25, -0.2) is 9.97 Å². The highest BCUT2D eigenvalue weighted by Gasteiger charge is 2.16. The minimum absolute atomic E-state index is 0.519. The Labute approximate surface area is 120 Å². The van der Waals surface area contributed by atoms with Crippen molar-refractivity contribution in [2.24, 2.45) is 0 Å². The highest BCUT2D eigenvalue weighted by molar-refractivity contribution is 7.17. The molecule has 19 heavy (non-hydrogen) atoms. The van der Waals surface area contributed by atoms with Crippen LogP contribution in [-0.4, -0.2) is 35.2 Å². The van der Waals surface area contributed by atoms with Gasteiger partial charge in [0.25, 0.3) is 0 Å². The standard InChI is InChI=1S/C13H12ClN3OS/c1-17(2)13(11-3-4-12(14)19-11)9(7-18)10-5-6-15-8-16-10/h3-8H,1-2H3. The summed E-state index contributed by atoms with van der Waals surface area (Å²) in [5.41, 5.74) is 1.91. The maximum absolute atomic E-state index is 11.5. The number of allylic oxidation sites excluding steroid dienone is 1. The van der Waals surface area contributed by atoms with Crippen molar-refractivity contribution in [1.29, 1.82) is 0 Å². The van der Waals surface area contributed by atoms with Crippen LogP contribution in [0.15, 0.2) is 30.7 Å². The van der Waals surface area contributed by atoms with Crippen molar-refractivity contribution in [3.05, 3.63) is 45.6 Å². The van der Waals surface area contributed by atoms with Crippen LogP contribution in [0.25, 0.3) is 11.3 Å². The predicted molar refractivity (Wildman–Crippen MR) is 77.9 cm³/mol. The Morgan fingerprint density at radius 2 is 2.16 bits per heavy atom. The molecule has 0 saturated carbocycles. The third-order valence-electron chi connectivity index (χ3n) is 2.48. The molecule has 0 atom stereocenters. The van der Waals surface area contributed by atoms with Gasteiger partial charge in [-0.3, -0.25) is 4.79 Å². The summed E-state index contributed by atoms with van der Waals surface area (Å²) in [5, 5.41) is 0. The molecule has 0 bridgehead atoms. The second-order valence-electron chi connectivity index (χ2n) is 3.97. The average molecular weight is 294 g/mol. The van der Waals surface area contributed by atoms with Gasteiger partial charge in [0.2, 0.25) is 0 Å². The monoisotopic (exact) mass is 293 g/mol. The second kappa shape index (κ2) is 5.95. The van der Waals surface area contributed by atoms with Crippen LogP contribution in [0.4, 0.5) is 0 Å². The van der Waals surface area contributed by atoms with Crippen LogP contribution in [0.2, 0.25) is 4.34 Å². The van der Waals surface area contributed by atoms with Crippen molar-refractivity contribution in [1.82, 2.24) is 14.9 Å². The zero-order valence-corrected chi connectivity index (χ0v) is 12.1. The molecule has 98 valence electrons. The van der Waals surface area contributed by atoms with Crippen LogP contribution in [0.5, 0.6) is 0 Å². The summed E-state index contributed by atoms with van der Waals surface area (Å²) >= 11 is 7.39. The van der Waals surface area contributed by atoms with Gasteiger partial charge in [0.05, 0.1) is 26.2 Å². The first-order valence-corrected chi connectivity index (χ1v) is 6.71. The molecular weight excluding hydrogens is 282 g/mol. The average Bonchev–Trinajstić information content (AvgIpc) is 2.82. The van der Waals surface area contributed by atoms with Gasteiger partial charge < -0.3 is 4.90 Å². The summed E-state index contributed by atoms with van der Waals surface area (Å²) in [6.45, 7) is 0. The summed E-state index contributed by atoms with van der Waals surface area (Å²) in [6, 6.07) is 5.42. The summed E-state index contributed by atoms with van der Waals surface area (Å²) in [7, 11) is 3.77. The third-order valence-corrected chi connectivity index (χ3v) is 3.72. The number of carbonyl (C=O) groups excluding carboxylic acids is 1. The van der Waals surface area contributed by atoms with Crippen molar-refractivity contribution in [3.8, 4) is 0 Å². The number of aldehydes is 1. The molecule has 6 heteroatoms. The van der Waals surface area contributed by atoms with Gasteiger partial charge >= 0.3 is 0 Å². The summed E-state index contributed by atoms with van der Waals surface area (Å²) < 4.78 is 0.683. The first-order valence-electron chi connectivity index (χ1n) is 5.52. The lowest BCUT2D eigenvalue weighted by Crippen LogP contribution is -2.12. The molecule has 0 aliphatic rings. The molecule has 0 amide bonds. The van der Waals surface area contributed by atoms with Gasteiger partial charge in [0.1, 0.15) is 6.33 Å². The fourth-order valence-corrected chi connectivity index (χ4v) is 2.91. The van der Waals surface area contributed by atoms with Crippen molar-refractivity contribution >= 4 is 40.5 Å². The highest BCUT2D eigenvalue weighted by atomic mass is 35.5. The lowest BCUT2D eigenvalue weighted by Gasteiger charge is -2.18. The van der Waals surface area contributed by atoms with Crippen LogP contribution in [-0.2, 0) is 4.79 Å². The van der Waals surface area contributed by atoms with E-state index in [1.165, 1.54) is 17.7 Å². The number of rotatable bonds is 4. The number of thiophene rings is 1. The zero-order valence-electron chi connectivity index (χ0n) is 10.5. The fraction of sp³-hybridized carbons (Fsp3) is 0.154. The SMILES string of the molecule is CN(C)C(=C(C=O)c1ccncn1)c1ccc(Cl)s1. The van der Waals surface area contributed by atoms with Gasteiger partial charge in [-0.15, -0.1) is 11.3 Å². The summed E-state index contributed by atoms with van der Waals surface area (Å²) in [4.78, 5) is 22.3. The maximum Gasteiger partial charge on any atom is 0.154 e. The molecular formula is C13H12ClN3OS. The molecule has 2 heterocycles. The van der Waals surface area contributed by atoms with Gasteiger partial charge in [-0.1, -0.05) is 11.6 Å². The number of nitrogens with zero attached hydrogens (tertiary/aromatic N) is 3. The lowest BCUT2D eigenvalue weighted by molar-refractivity contribution is -0.103. The van der Waals surface area contributed by atoms with Crippen LogP contribution >= 0.6 is 22.9 Å². The molecule has 4 nitrogen and oxygen atoms in total. The smallest absolute Gasteiger partial charge is 0.154 e. The number of halogens is 1. The molecule has 0 fully saturated rings. The van der Waals surface area contributed by atoms with Gasteiger partial charge in [0, 0.05) is 20.3 Å². The number of aromatic nitrogens is 2. The van der Waals surface area contributed by atoms with Crippen molar-refractivity contribution in [2.75, 3.05) is 14.1 Å². The van der Waals surface area contributed by atoms with Crippen molar-refractivity contribution in [3.63, 3.8) is 0 Å². The largest absolute Gasteiger partial charge is 0.376 e. The number of hydrogen-bond donors (Lipinski definition) is 0. The molecule has 0 unspecified atom stereocenters. The Morgan fingerprint density at radius 1 is 1.37 bits per heavy atom. The molecule has 0 radical (unpaired) electrons. The summed E-state index contributed by atoms with van der Waals surface area (Å²) in [6.07, 6.45) is 3.85. The van der Waals surface area contributed by atoms with E-state index >= 15 is 0 Å². The minimum atomic E-state index is 0.519. The molecule has 2 rings (SSSR count). The Balaban J connectivity index is 2.63. The lowest BCUT2D eigenvalue weighted by atomic mass is 10.1. The van der Waals surface area contributed by atoms with E-state index in [1.54, 1.807) is 12.3 Å². The zero-order chi connectivity index (χ0) is 13.8. The Morgan fingerprint density at radius 3 is 2.63 bits per heavy atom. The fourth-order valence-electron chi connectivity index (χ4n) is 1.72. The molecule has 0 N–H and O–H groups in total. The number of carbonyl (C=O) groups is 1. The van der Waals surface area contributed by atoms with Crippen LogP contribution in [0, 0.1) is 0 Å². The molecule has 2 aromatic heterocycles. The first-order chi connectivity index (χ1) is 9.13. The normalized spacial score (nSPS) is 11.9. The summed E-state index contributed by atoms with van der Waals surface area (Å²) in [5.74, 6) is 0. The van der Waals surface area contributed by atoms with Gasteiger partial charge in [0.15, 0.2) is 6.29 Å².